The van der Waals surface area contributed by atoms with Gasteiger partial charge in [-0.25, -0.2) is 4.79 Å². The molecule has 0 aliphatic carbocycles. The van der Waals surface area contributed by atoms with Gasteiger partial charge in [-0.05, 0) is 79.3 Å². The molecule has 314 valence electrons. The molecule has 3 aliphatic rings. The number of aromatic nitrogens is 1. The van der Waals surface area contributed by atoms with Crippen LogP contribution >= 0.6 is 12.2 Å². The van der Waals surface area contributed by atoms with Gasteiger partial charge < -0.3 is 33.3 Å². The number of nitrogens with zero attached hydrogens (tertiary/aromatic N) is 4. The van der Waals surface area contributed by atoms with Crippen molar-refractivity contribution in [1.82, 2.24) is 14.4 Å². The third-order valence-electron chi connectivity index (χ3n) is 11.6. The molecule has 1 unspecified atom stereocenters. The van der Waals surface area contributed by atoms with Crippen molar-refractivity contribution in [2.45, 2.75) is 142 Å². The van der Waals surface area contributed by atoms with Crippen LogP contribution < -0.4 is 0 Å². The van der Waals surface area contributed by atoms with Gasteiger partial charge in [0.15, 0.2) is 23.8 Å². The first-order valence-corrected chi connectivity index (χ1v) is 19.7. The third-order valence-corrected chi connectivity index (χ3v) is 11.8. The minimum absolute atomic E-state index is 0.174. The Balaban J connectivity index is 1.94. The van der Waals surface area contributed by atoms with Crippen LogP contribution in [0, 0.1) is 35.0 Å². The van der Waals surface area contributed by atoms with Crippen LogP contribution in [0.1, 0.15) is 94.1 Å². The molecule has 0 N–H and O–H groups in total. The molecule has 17 heteroatoms. The number of carbonyl (C=O) groups excluding carboxylic acids is 6. The molecule has 1 amide bonds. The lowest BCUT2D eigenvalue weighted by Crippen LogP contribution is -2.61. The van der Waals surface area contributed by atoms with Crippen molar-refractivity contribution in [3.63, 3.8) is 0 Å². The molecule has 0 saturated carbocycles. The summed E-state index contributed by atoms with van der Waals surface area (Å²) in [5.41, 5.74) is -3.17. The van der Waals surface area contributed by atoms with Crippen molar-refractivity contribution >= 4 is 52.9 Å². The predicted octanol–water partition coefficient (Wildman–Crippen LogP) is 4.18. The number of ketones is 2. The van der Waals surface area contributed by atoms with E-state index in [4.69, 9.17) is 40.6 Å². The highest BCUT2D eigenvalue weighted by molar-refractivity contribution is 7.80. The fourth-order valence-corrected chi connectivity index (χ4v) is 9.15. The molecule has 1 aromatic heterocycles. The number of thiocarbonyl (C=S) groups is 1. The zero-order chi connectivity index (χ0) is 42.9. The molecular weight excluding hydrogens is 761 g/mol. The van der Waals surface area contributed by atoms with E-state index < -0.39 is 107 Å². The van der Waals surface area contributed by atoms with Gasteiger partial charge in [0.05, 0.1) is 23.8 Å². The van der Waals surface area contributed by atoms with E-state index in [0.29, 0.717) is 6.42 Å². The average Bonchev–Trinajstić information content (AvgIpc) is 3.73. The normalized spacial score (nSPS) is 36.7. The molecule has 0 spiro atoms. The number of Topliss-reactive ketones (excluding diaryl/α,β-unsaturated/α-hetero) is 2. The summed E-state index contributed by atoms with van der Waals surface area (Å²) in [6, 6.07) is 1.95. The molecule has 3 saturated heterocycles. The summed E-state index contributed by atoms with van der Waals surface area (Å²) >= 11 is 5.50. The molecule has 0 bridgehead atoms. The molecule has 57 heavy (non-hydrogen) atoms. The van der Waals surface area contributed by atoms with Gasteiger partial charge >= 0.3 is 18.0 Å². The largest absolute Gasteiger partial charge is 0.458 e. The fraction of sp³-hybridized carbons (Fsp3) is 0.700. The molecule has 0 aromatic carbocycles. The number of hydrogen-bond donors (Lipinski definition) is 0. The van der Waals surface area contributed by atoms with Crippen LogP contribution in [-0.4, -0.2) is 123 Å². The van der Waals surface area contributed by atoms with Gasteiger partial charge in [0.25, 0.3) is 5.17 Å². The van der Waals surface area contributed by atoms with Crippen molar-refractivity contribution in [2.75, 3.05) is 14.1 Å². The van der Waals surface area contributed by atoms with E-state index in [2.05, 4.69) is 0 Å². The van der Waals surface area contributed by atoms with E-state index in [1.807, 2.05) is 32.0 Å². The molecule has 13 atom stereocenters. The standard InChI is InChI=1S/C40H56N4O12S/c1-13-29-40(10)33(44(25(7)45)38(57)56-40)22(4)30(47)20(2)17-39(9,55-37(50)43-15-14-27(18-41)19-43)34(23(5)31(48)24(6)35(49)53-29)54-36-32(52-26(8)46)28(42(11)12)16-21(3)51-36/h14-15,19-24,28-29,32-34,36H,13,16-17H2,1-12H3/t20-,21-,22+,23+,24-,28+,29-,32-,33+,34?,36+,39-,40-/m1/s1. The second kappa shape index (κ2) is 17.7. The number of amides is 1. The summed E-state index contributed by atoms with van der Waals surface area (Å²) in [5, 5.41) is 9.27. The van der Waals surface area contributed by atoms with Crippen LogP contribution in [0.15, 0.2) is 18.5 Å². The summed E-state index contributed by atoms with van der Waals surface area (Å²) in [7, 11) is 3.63. The first-order valence-electron chi connectivity index (χ1n) is 19.3. The molecule has 16 nitrogen and oxygen atoms in total. The van der Waals surface area contributed by atoms with Gasteiger partial charge in [-0.2, -0.15) is 5.26 Å². The van der Waals surface area contributed by atoms with Gasteiger partial charge in [-0.3, -0.25) is 33.4 Å². The zero-order valence-electron chi connectivity index (χ0n) is 34.8. The number of fused-ring (bicyclic) bond motifs is 1. The van der Waals surface area contributed by atoms with Crippen LogP contribution in [-0.2, 0) is 52.4 Å². The summed E-state index contributed by atoms with van der Waals surface area (Å²) in [6.07, 6.45) is -3.17. The maximum absolute atomic E-state index is 14.7. The highest BCUT2D eigenvalue weighted by atomic mass is 32.1. The van der Waals surface area contributed by atoms with Crippen molar-refractivity contribution in [3.8, 4) is 6.07 Å². The maximum Gasteiger partial charge on any atom is 0.418 e. The number of nitriles is 1. The number of likely N-dealkylation sites (N-methyl/N-ethyl adjacent to an activating group) is 1. The first-order chi connectivity index (χ1) is 26.5. The second-order valence-corrected chi connectivity index (χ2v) is 16.6. The minimum Gasteiger partial charge on any atom is -0.458 e. The fourth-order valence-electron chi connectivity index (χ4n) is 8.73. The SMILES string of the molecule is CC[C@H]1OC(=O)[C@H](C)C(=O)[C@H](C)C(O[C@@H]2O[C@H](C)C[C@H](N(C)C)[C@H]2OC(C)=O)[C@](C)(OC(=O)n2ccc(C#N)c2)C[C@@H](C)C(=O)[C@H](C)[C@@H]2N(C(C)=O)C(=S)O[C@@]21C. The van der Waals surface area contributed by atoms with Gasteiger partial charge in [-0.15, -0.1) is 0 Å². The van der Waals surface area contributed by atoms with Gasteiger partial charge in [0, 0.05) is 44.0 Å². The summed E-state index contributed by atoms with van der Waals surface area (Å²) in [5.74, 6) is -7.57. The van der Waals surface area contributed by atoms with Gasteiger partial charge in [0.1, 0.15) is 35.6 Å². The van der Waals surface area contributed by atoms with Gasteiger partial charge in [0.2, 0.25) is 5.91 Å². The van der Waals surface area contributed by atoms with Crippen molar-refractivity contribution in [3.05, 3.63) is 24.0 Å². The molecule has 1 aromatic rings. The Hall–Kier alpha value is -4.24. The van der Waals surface area contributed by atoms with Crippen LogP contribution in [0.25, 0.3) is 0 Å². The molecular formula is C40H56N4O12S. The molecule has 3 aliphatic heterocycles. The minimum atomic E-state index is -1.86. The number of cyclic esters (lactones) is 1. The van der Waals surface area contributed by atoms with Crippen LogP contribution in [0.5, 0.6) is 0 Å². The van der Waals surface area contributed by atoms with E-state index in [1.165, 1.54) is 58.0 Å². The Morgan fingerprint density at radius 1 is 1.05 bits per heavy atom. The Morgan fingerprint density at radius 2 is 1.70 bits per heavy atom. The average molecular weight is 817 g/mol. The predicted molar refractivity (Wildman–Crippen MR) is 206 cm³/mol. The molecule has 0 radical (unpaired) electrons. The summed E-state index contributed by atoms with van der Waals surface area (Å²) in [6.45, 7) is 15.4. The van der Waals surface area contributed by atoms with Crippen molar-refractivity contribution < 1.29 is 57.2 Å². The number of carbonyl (C=O) groups is 6. The maximum atomic E-state index is 14.7. The van der Waals surface area contributed by atoms with Crippen LogP contribution in [0.2, 0.25) is 0 Å². The van der Waals surface area contributed by atoms with Gasteiger partial charge in [-0.1, -0.05) is 27.7 Å². The number of esters is 2. The summed E-state index contributed by atoms with van der Waals surface area (Å²) in [4.78, 5) is 86.0. The first kappa shape index (κ1) is 45.5. The van der Waals surface area contributed by atoms with Crippen LogP contribution in [0.4, 0.5) is 4.79 Å². The highest BCUT2D eigenvalue weighted by Gasteiger charge is 2.60. The Kier molecular flexibility index (Phi) is 14.1. The van der Waals surface area contributed by atoms with Crippen LogP contribution in [0.3, 0.4) is 0 Å². The molecule has 3 fully saturated rings. The monoisotopic (exact) mass is 816 g/mol. The van der Waals surface area contributed by atoms with E-state index in [-0.39, 0.29) is 29.4 Å². The molecule has 4 heterocycles. The van der Waals surface area contributed by atoms with E-state index in [1.54, 1.807) is 27.7 Å². The Labute approximate surface area is 339 Å². The highest BCUT2D eigenvalue weighted by Crippen LogP contribution is 2.43. The van der Waals surface area contributed by atoms with E-state index in [0.717, 1.165) is 4.57 Å². The topological polar surface area (TPSA) is 193 Å². The number of hydrogen-bond acceptors (Lipinski definition) is 15. The van der Waals surface area contributed by atoms with E-state index in [9.17, 15) is 34.0 Å². The number of ether oxygens (including phenoxy) is 6. The Morgan fingerprint density at radius 3 is 2.25 bits per heavy atom. The van der Waals surface area contributed by atoms with Crippen molar-refractivity contribution in [2.24, 2.45) is 23.7 Å². The zero-order valence-corrected chi connectivity index (χ0v) is 35.6. The summed E-state index contributed by atoms with van der Waals surface area (Å²) < 4.78 is 38.4. The lowest BCUT2D eigenvalue weighted by molar-refractivity contribution is -0.295. The molecule has 4 rings (SSSR count). The second-order valence-electron chi connectivity index (χ2n) is 16.2. The third kappa shape index (κ3) is 9.24. The number of rotatable bonds is 6. The smallest absolute Gasteiger partial charge is 0.418 e. The van der Waals surface area contributed by atoms with E-state index >= 15 is 0 Å². The lowest BCUT2D eigenvalue weighted by Gasteiger charge is -2.47. The Bertz CT molecular complexity index is 1790. The van der Waals surface area contributed by atoms with Crippen molar-refractivity contribution in [1.29, 1.82) is 5.26 Å². The lowest BCUT2D eigenvalue weighted by atomic mass is 9.73. The quantitative estimate of drug-likeness (QED) is 0.172.